The standard InChI is InChI=1S/C9H4NO/c11-6-7-5-10-9-4-2-1-3-8(7)9/h1-4H. The predicted octanol–water partition coefficient (Wildman–Crippen LogP) is 1.49. The molecule has 1 heterocycles. The van der Waals surface area contributed by atoms with Crippen molar-refractivity contribution < 1.29 is 4.79 Å². The number of allylic oxidation sites excluding steroid dienone is 1. The number of carbonyl (C=O) groups excluding carboxylic acids is 1. The molecule has 0 amide bonds. The SMILES string of the molecule is O=C=C1[C]=Nc2ccccc21. The van der Waals surface area contributed by atoms with E-state index in [1.807, 2.05) is 24.3 Å². The fourth-order valence-corrected chi connectivity index (χ4v) is 1.04. The molecule has 11 heavy (non-hydrogen) atoms. The van der Waals surface area contributed by atoms with E-state index in [9.17, 15) is 4.79 Å². The van der Waals surface area contributed by atoms with Crippen molar-refractivity contribution in [1.29, 1.82) is 0 Å². The van der Waals surface area contributed by atoms with Crippen molar-refractivity contribution in [1.82, 2.24) is 0 Å². The predicted molar refractivity (Wildman–Crippen MR) is 42.6 cm³/mol. The van der Waals surface area contributed by atoms with Gasteiger partial charge in [0.25, 0.3) is 0 Å². The minimum atomic E-state index is 0.417. The van der Waals surface area contributed by atoms with Crippen molar-refractivity contribution in [2.45, 2.75) is 0 Å². The van der Waals surface area contributed by atoms with Crippen LogP contribution in [0.5, 0.6) is 0 Å². The minimum absolute atomic E-state index is 0.417. The largest absolute Gasteiger partial charge is 0.245 e. The van der Waals surface area contributed by atoms with Crippen molar-refractivity contribution >= 4 is 23.4 Å². The second-order valence-electron chi connectivity index (χ2n) is 2.22. The summed E-state index contributed by atoms with van der Waals surface area (Å²) in [7, 11) is 0. The third-order valence-corrected chi connectivity index (χ3v) is 1.56. The van der Waals surface area contributed by atoms with E-state index < -0.39 is 0 Å². The highest BCUT2D eigenvalue weighted by molar-refractivity contribution is 6.24. The highest BCUT2D eigenvalue weighted by atomic mass is 16.1. The Morgan fingerprint density at radius 1 is 1.36 bits per heavy atom. The monoisotopic (exact) mass is 142 g/mol. The molecular formula is C9H4NO. The van der Waals surface area contributed by atoms with Gasteiger partial charge in [0.15, 0.2) is 0 Å². The Labute approximate surface area is 63.9 Å². The molecule has 1 aliphatic rings. The van der Waals surface area contributed by atoms with Gasteiger partial charge >= 0.3 is 0 Å². The lowest BCUT2D eigenvalue weighted by atomic mass is 10.1. The van der Waals surface area contributed by atoms with Crippen LogP contribution in [0.4, 0.5) is 5.69 Å². The van der Waals surface area contributed by atoms with E-state index in [-0.39, 0.29) is 0 Å². The number of rotatable bonds is 0. The molecule has 51 valence electrons. The Bertz CT molecular complexity index is 373. The molecule has 0 N–H and O–H groups in total. The van der Waals surface area contributed by atoms with Crippen LogP contribution in [0.25, 0.3) is 5.57 Å². The van der Waals surface area contributed by atoms with Crippen molar-refractivity contribution in [2.75, 3.05) is 0 Å². The summed E-state index contributed by atoms with van der Waals surface area (Å²) in [5, 5.41) is 0. The molecule has 1 aliphatic heterocycles. The molecule has 2 nitrogen and oxygen atoms in total. The van der Waals surface area contributed by atoms with E-state index in [4.69, 9.17) is 0 Å². The molecule has 0 unspecified atom stereocenters. The van der Waals surface area contributed by atoms with Crippen molar-refractivity contribution in [3.05, 3.63) is 29.8 Å². The van der Waals surface area contributed by atoms with Crippen LogP contribution in [0.15, 0.2) is 29.3 Å². The Kier molecular flexibility index (Phi) is 1.21. The van der Waals surface area contributed by atoms with Gasteiger partial charge in [-0.05, 0) is 6.07 Å². The van der Waals surface area contributed by atoms with Crippen LogP contribution in [0, 0.1) is 0 Å². The highest BCUT2D eigenvalue weighted by Crippen LogP contribution is 2.28. The maximum Gasteiger partial charge on any atom is 0.135 e. The Balaban J connectivity index is 2.72. The Hall–Kier alpha value is -1.66. The van der Waals surface area contributed by atoms with Crippen LogP contribution in [0.1, 0.15) is 5.56 Å². The normalized spacial score (nSPS) is 12.9. The molecule has 0 atom stereocenters. The van der Waals surface area contributed by atoms with Gasteiger partial charge in [-0.2, -0.15) is 0 Å². The van der Waals surface area contributed by atoms with E-state index in [0.717, 1.165) is 11.3 Å². The van der Waals surface area contributed by atoms with Crippen molar-refractivity contribution in [3.63, 3.8) is 0 Å². The van der Waals surface area contributed by atoms with Gasteiger partial charge < -0.3 is 0 Å². The maximum absolute atomic E-state index is 10.3. The molecule has 0 aromatic heterocycles. The average molecular weight is 142 g/mol. The third-order valence-electron chi connectivity index (χ3n) is 1.56. The molecule has 0 aliphatic carbocycles. The van der Waals surface area contributed by atoms with Gasteiger partial charge in [-0.25, -0.2) is 9.79 Å². The highest BCUT2D eigenvalue weighted by Gasteiger charge is 2.11. The molecule has 0 fully saturated rings. The summed E-state index contributed by atoms with van der Waals surface area (Å²) in [6, 6.07) is 7.40. The van der Waals surface area contributed by atoms with Crippen LogP contribution in [-0.2, 0) is 4.79 Å². The molecule has 1 aromatic rings. The first kappa shape index (κ1) is 6.08. The second-order valence-corrected chi connectivity index (χ2v) is 2.22. The van der Waals surface area contributed by atoms with Crippen molar-refractivity contribution in [2.24, 2.45) is 4.99 Å². The van der Waals surface area contributed by atoms with Gasteiger partial charge in [0.05, 0.1) is 11.3 Å². The first-order valence-electron chi connectivity index (χ1n) is 3.23. The quantitative estimate of drug-likeness (QED) is 0.504. The molecular weight excluding hydrogens is 138 g/mol. The first-order valence-corrected chi connectivity index (χ1v) is 3.23. The molecule has 1 radical (unpaired) electrons. The van der Waals surface area contributed by atoms with E-state index >= 15 is 0 Å². The fourth-order valence-electron chi connectivity index (χ4n) is 1.04. The lowest BCUT2D eigenvalue weighted by Gasteiger charge is -1.92. The Morgan fingerprint density at radius 3 is 3.00 bits per heavy atom. The number of fused-ring (bicyclic) bond motifs is 1. The topological polar surface area (TPSA) is 29.4 Å². The van der Waals surface area contributed by atoms with Crippen molar-refractivity contribution in [3.8, 4) is 0 Å². The molecule has 0 saturated heterocycles. The zero-order valence-corrected chi connectivity index (χ0v) is 5.66. The molecule has 2 rings (SSSR count). The average Bonchev–Trinajstić information content (AvgIpc) is 2.47. The molecule has 2 heteroatoms. The van der Waals surface area contributed by atoms with E-state index in [1.165, 1.54) is 0 Å². The summed E-state index contributed by atoms with van der Waals surface area (Å²) < 4.78 is 0. The van der Waals surface area contributed by atoms with Crippen LogP contribution in [0.2, 0.25) is 0 Å². The maximum atomic E-state index is 10.3. The number of hydrogen-bond acceptors (Lipinski definition) is 2. The lowest BCUT2D eigenvalue weighted by Crippen LogP contribution is -1.78. The molecule has 0 saturated carbocycles. The summed E-state index contributed by atoms with van der Waals surface area (Å²) in [5.74, 6) is 1.78. The van der Waals surface area contributed by atoms with E-state index in [0.29, 0.717) is 5.57 Å². The van der Waals surface area contributed by atoms with Gasteiger partial charge in [0, 0.05) is 5.56 Å². The second kappa shape index (κ2) is 2.19. The number of para-hydroxylation sites is 1. The van der Waals surface area contributed by atoms with Gasteiger partial charge in [-0.15, -0.1) is 0 Å². The zero-order valence-electron chi connectivity index (χ0n) is 5.66. The summed E-state index contributed by atoms with van der Waals surface area (Å²) >= 11 is 0. The van der Waals surface area contributed by atoms with Gasteiger partial charge in [0.2, 0.25) is 0 Å². The van der Waals surface area contributed by atoms with Crippen LogP contribution in [0.3, 0.4) is 0 Å². The minimum Gasteiger partial charge on any atom is -0.245 e. The van der Waals surface area contributed by atoms with Crippen LogP contribution in [-0.4, -0.2) is 12.2 Å². The van der Waals surface area contributed by atoms with Crippen LogP contribution < -0.4 is 0 Å². The summed E-state index contributed by atoms with van der Waals surface area (Å²) in [4.78, 5) is 14.2. The molecule has 0 bridgehead atoms. The first-order chi connectivity index (χ1) is 5.42. The lowest BCUT2D eigenvalue weighted by molar-refractivity contribution is 0.570. The summed E-state index contributed by atoms with van der Waals surface area (Å²) in [6.07, 6.45) is 2.59. The van der Waals surface area contributed by atoms with Gasteiger partial charge in [-0.3, -0.25) is 0 Å². The Morgan fingerprint density at radius 2 is 2.18 bits per heavy atom. The number of nitrogens with zero attached hydrogens (tertiary/aromatic N) is 1. The smallest absolute Gasteiger partial charge is 0.135 e. The molecule has 1 aromatic carbocycles. The zero-order chi connectivity index (χ0) is 7.68. The van der Waals surface area contributed by atoms with E-state index in [2.05, 4.69) is 11.2 Å². The summed E-state index contributed by atoms with van der Waals surface area (Å²) in [5.41, 5.74) is 2.04. The number of hydrogen-bond donors (Lipinski definition) is 0. The van der Waals surface area contributed by atoms with Gasteiger partial charge in [0.1, 0.15) is 12.2 Å². The van der Waals surface area contributed by atoms with Gasteiger partial charge in [-0.1, -0.05) is 18.2 Å². The molecule has 0 spiro atoms. The van der Waals surface area contributed by atoms with E-state index in [1.54, 1.807) is 5.94 Å². The van der Waals surface area contributed by atoms with Crippen LogP contribution >= 0.6 is 0 Å². The summed E-state index contributed by atoms with van der Waals surface area (Å²) in [6.45, 7) is 0. The fraction of sp³-hybridized carbons (Fsp3) is 0. The number of benzene rings is 1. The third kappa shape index (κ3) is 0.810. The number of aliphatic imine (C=N–C) groups is 1.